The van der Waals surface area contributed by atoms with Crippen LogP contribution in [0.1, 0.15) is 51.3 Å². The van der Waals surface area contributed by atoms with Crippen LogP contribution in [0.25, 0.3) is 17.2 Å². The van der Waals surface area contributed by atoms with E-state index in [0.717, 1.165) is 16.7 Å². The first-order valence-corrected chi connectivity index (χ1v) is 11.1. The minimum Gasteiger partial charge on any atom is -0.478 e. The average Bonchev–Trinajstić information content (AvgIpc) is 2.85. The summed E-state index contributed by atoms with van der Waals surface area (Å²) < 4.78 is 0. The number of nitrogens with zero attached hydrogens (tertiary/aromatic N) is 1. The van der Waals surface area contributed by atoms with E-state index in [1.54, 1.807) is 30.3 Å². The van der Waals surface area contributed by atoms with E-state index < -0.39 is 5.97 Å². The largest absolute Gasteiger partial charge is 0.478 e. The van der Waals surface area contributed by atoms with E-state index >= 15 is 0 Å². The van der Waals surface area contributed by atoms with Crippen molar-refractivity contribution in [3.8, 4) is 11.1 Å². The van der Waals surface area contributed by atoms with Crippen molar-refractivity contribution >= 4 is 29.6 Å². The van der Waals surface area contributed by atoms with Crippen molar-refractivity contribution < 1.29 is 14.7 Å². The number of hydrogen-bond acceptors (Lipinski definition) is 5. The molecule has 0 unspecified atom stereocenters. The van der Waals surface area contributed by atoms with Crippen LogP contribution in [0.15, 0.2) is 61.3 Å². The Balaban J connectivity index is 1.96. The number of nitrogens with two attached hydrogens (primary N) is 1. The van der Waals surface area contributed by atoms with Crippen LogP contribution >= 0.6 is 0 Å². The highest BCUT2D eigenvalue weighted by Crippen LogP contribution is 2.30. The molecule has 0 saturated carbocycles. The summed E-state index contributed by atoms with van der Waals surface area (Å²) in [4.78, 5) is 28.9. The summed E-state index contributed by atoms with van der Waals surface area (Å²) in [6.07, 6.45) is 3.23. The van der Waals surface area contributed by atoms with E-state index in [2.05, 4.69) is 22.2 Å². The first kappa shape index (κ1) is 25.2. The van der Waals surface area contributed by atoms with Crippen LogP contribution in [0.3, 0.4) is 0 Å². The molecule has 1 heterocycles. The molecular weight excluding hydrogens is 442 g/mol. The predicted octanol–water partition coefficient (Wildman–Crippen LogP) is 4.37. The maximum absolute atomic E-state index is 12.5. The zero-order valence-electron chi connectivity index (χ0n) is 19.8. The van der Waals surface area contributed by atoms with E-state index in [9.17, 15) is 14.7 Å². The number of amides is 1. The SMILES string of the molecule is C=Cc1ccc(-c2ccc(C(=O)NCC(C)C)cc2C(=O)O)c(CNc2ccc(C(=N)N)cn2)c1. The maximum Gasteiger partial charge on any atom is 0.336 e. The molecule has 1 amide bonds. The molecule has 0 aliphatic carbocycles. The summed E-state index contributed by atoms with van der Waals surface area (Å²) in [5.41, 5.74) is 9.28. The Kier molecular flexibility index (Phi) is 7.99. The van der Waals surface area contributed by atoms with Gasteiger partial charge in [-0.3, -0.25) is 10.2 Å². The zero-order valence-corrected chi connectivity index (χ0v) is 19.8. The van der Waals surface area contributed by atoms with Gasteiger partial charge in [0.2, 0.25) is 0 Å². The quantitative estimate of drug-likeness (QED) is 0.220. The second-order valence-corrected chi connectivity index (χ2v) is 8.49. The van der Waals surface area contributed by atoms with Gasteiger partial charge in [-0.25, -0.2) is 9.78 Å². The highest BCUT2D eigenvalue weighted by molar-refractivity contribution is 6.02. The van der Waals surface area contributed by atoms with E-state index in [-0.39, 0.29) is 23.2 Å². The summed E-state index contributed by atoms with van der Waals surface area (Å²) in [6, 6.07) is 13.8. The van der Waals surface area contributed by atoms with Gasteiger partial charge >= 0.3 is 5.97 Å². The zero-order chi connectivity index (χ0) is 25.5. The van der Waals surface area contributed by atoms with Crippen LogP contribution in [0, 0.1) is 11.3 Å². The van der Waals surface area contributed by atoms with Gasteiger partial charge in [-0.05, 0) is 58.5 Å². The molecule has 180 valence electrons. The minimum absolute atomic E-state index is 0.0405. The highest BCUT2D eigenvalue weighted by atomic mass is 16.4. The highest BCUT2D eigenvalue weighted by Gasteiger charge is 2.18. The Hall–Kier alpha value is -4.46. The van der Waals surface area contributed by atoms with E-state index in [0.29, 0.717) is 35.6 Å². The van der Waals surface area contributed by atoms with Crippen molar-refractivity contribution in [1.29, 1.82) is 5.41 Å². The van der Waals surface area contributed by atoms with Gasteiger partial charge in [0.25, 0.3) is 5.91 Å². The third kappa shape index (κ3) is 6.32. The Labute approximate surface area is 204 Å². The molecule has 35 heavy (non-hydrogen) atoms. The van der Waals surface area contributed by atoms with Gasteiger partial charge in [0.15, 0.2) is 0 Å². The second kappa shape index (κ2) is 11.1. The fourth-order valence-corrected chi connectivity index (χ4v) is 3.49. The molecule has 0 saturated heterocycles. The number of carboxylic acid groups (broad SMARTS) is 1. The van der Waals surface area contributed by atoms with Crippen molar-refractivity contribution in [2.75, 3.05) is 11.9 Å². The topological polar surface area (TPSA) is 141 Å². The number of aromatic carboxylic acids is 1. The number of carbonyl (C=O) groups excluding carboxylic acids is 1. The number of hydrogen-bond donors (Lipinski definition) is 5. The predicted molar refractivity (Wildman–Crippen MR) is 139 cm³/mol. The average molecular weight is 472 g/mol. The molecule has 0 spiro atoms. The van der Waals surface area contributed by atoms with Gasteiger partial charge in [0.05, 0.1) is 5.56 Å². The van der Waals surface area contributed by atoms with Crippen LogP contribution < -0.4 is 16.4 Å². The lowest BCUT2D eigenvalue weighted by atomic mass is 9.92. The number of nitrogen functional groups attached to an aromatic ring is 1. The van der Waals surface area contributed by atoms with Crippen LogP contribution in [0.5, 0.6) is 0 Å². The standard InChI is InChI=1S/C27H29N5O3/c1-4-17-5-8-21(20(11-17)15-31-24-10-7-19(14-30-24)25(28)29)22-9-6-18(12-23(22)27(34)35)26(33)32-13-16(2)3/h4-12,14,16H,1,13,15H2,2-3H3,(H3,28,29)(H,30,31)(H,32,33)(H,34,35). The summed E-state index contributed by atoms with van der Waals surface area (Å²) in [6.45, 7) is 8.66. The molecule has 0 aliphatic rings. The number of rotatable bonds is 10. The smallest absolute Gasteiger partial charge is 0.336 e. The van der Waals surface area contributed by atoms with Gasteiger partial charge in [-0.15, -0.1) is 0 Å². The number of anilines is 1. The molecular formula is C27H29N5O3. The normalized spacial score (nSPS) is 10.6. The Morgan fingerprint density at radius 2 is 1.83 bits per heavy atom. The lowest BCUT2D eigenvalue weighted by molar-refractivity contribution is 0.0697. The van der Waals surface area contributed by atoms with Gasteiger partial charge in [-0.2, -0.15) is 0 Å². The van der Waals surface area contributed by atoms with Crippen LogP contribution in [0.4, 0.5) is 5.82 Å². The number of carboxylic acids is 1. The Morgan fingerprint density at radius 3 is 2.43 bits per heavy atom. The summed E-state index contributed by atoms with van der Waals surface area (Å²) in [5, 5.41) is 23.4. The van der Waals surface area contributed by atoms with Gasteiger partial charge in [0, 0.05) is 30.4 Å². The molecule has 8 nitrogen and oxygen atoms in total. The Bertz CT molecular complexity index is 1270. The first-order valence-electron chi connectivity index (χ1n) is 11.1. The lowest BCUT2D eigenvalue weighted by Crippen LogP contribution is -2.27. The van der Waals surface area contributed by atoms with Crippen LogP contribution in [-0.2, 0) is 6.54 Å². The molecule has 8 heteroatoms. The minimum atomic E-state index is -1.12. The number of aromatic nitrogens is 1. The molecule has 0 bridgehead atoms. The number of pyridine rings is 1. The number of amidine groups is 1. The van der Waals surface area contributed by atoms with E-state index in [1.807, 2.05) is 32.0 Å². The number of carbonyl (C=O) groups is 2. The number of benzene rings is 2. The van der Waals surface area contributed by atoms with Crippen molar-refractivity contribution in [2.24, 2.45) is 11.7 Å². The third-order valence-corrected chi connectivity index (χ3v) is 5.37. The number of nitrogens with one attached hydrogen (secondary N) is 3. The molecule has 0 radical (unpaired) electrons. The fraction of sp³-hybridized carbons (Fsp3) is 0.185. The van der Waals surface area contributed by atoms with Crippen molar-refractivity contribution in [2.45, 2.75) is 20.4 Å². The first-order chi connectivity index (χ1) is 16.7. The monoisotopic (exact) mass is 471 g/mol. The summed E-state index contributed by atoms with van der Waals surface area (Å²) in [5.74, 6) is -0.625. The van der Waals surface area contributed by atoms with E-state index in [4.69, 9.17) is 11.1 Å². The van der Waals surface area contributed by atoms with Crippen molar-refractivity contribution in [3.63, 3.8) is 0 Å². The van der Waals surface area contributed by atoms with E-state index in [1.165, 1.54) is 12.3 Å². The summed E-state index contributed by atoms with van der Waals surface area (Å²) >= 11 is 0. The molecule has 0 atom stereocenters. The van der Waals surface area contributed by atoms with Crippen LogP contribution in [0.2, 0.25) is 0 Å². The van der Waals surface area contributed by atoms with Gasteiger partial charge in [0.1, 0.15) is 11.7 Å². The molecule has 3 aromatic rings. The Morgan fingerprint density at radius 1 is 1.11 bits per heavy atom. The fourth-order valence-electron chi connectivity index (χ4n) is 3.49. The third-order valence-electron chi connectivity index (χ3n) is 5.37. The molecule has 0 fully saturated rings. The summed E-state index contributed by atoms with van der Waals surface area (Å²) in [7, 11) is 0. The molecule has 3 rings (SSSR count). The van der Waals surface area contributed by atoms with Crippen LogP contribution in [-0.4, -0.2) is 34.3 Å². The molecule has 2 aromatic carbocycles. The van der Waals surface area contributed by atoms with Crippen molar-refractivity contribution in [1.82, 2.24) is 10.3 Å². The van der Waals surface area contributed by atoms with Gasteiger partial charge < -0.3 is 21.5 Å². The van der Waals surface area contributed by atoms with Crippen molar-refractivity contribution in [3.05, 3.63) is 89.1 Å². The molecule has 1 aromatic heterocycles. The molecule has 0 aliphatic heterocycles. The molecule has 6 N–H and O–H groups in total. The van der Waals surface area contributed by atoms with Gasteiger partial charge in [-0.1, -0.05) is 44.7 Å². The second-order valence-electron chi connectivity index (χ2n) is 8.49. The maximum atomic E-state index is 12.5. The lowest BCUT2D eigenvalue weighted by Gasteiger charge is -2.16.